The van der Waals surface area contributed by atoms with Crippen LogP contribution in [0.3, 0.4) is 0 Å². The SMILES string of the molecule is COc1ccc(CO[C@H]2C[C@@H]3C(C)=CCC[C@@H](O)[C@@H]3[C@H]2C)cc1. The van der Waals surface area contributed by atoms with Crippen LogP contribution in [-0.4, -0.2) is 24.4 Å². The molecule has 5 atom stereocenters. The molecule has 1 aromatic carbocycles. The van der Waals surface area contributed by atoms with Gasteiger partial charge in [-0.1, -0.05) is 30.7 Å². The third kappa shape index (κ3) is 3.46. The summed E-state index contributed by atoms with van der Waals surface area (Å²) in [5, 5.41) is 10.5. The van der Waals surface area contributed by atoms with Crippen LogP contribution in [-0.2, 0) is 11.3 Å². The summed E-state index contributed by atoms with van der Waals surface area (Å²) in [5.41, 5.74) is 2.60. The van der Waals surface area contributed by atoms with E-state index in [0.717, 1.165) is 30.6 Å². The molecule has 3 heteroatoms. The third-order valence-electron chi connectivity index (χ3n) is 5.73. The second kappa shape index (κ2) is 7.06. The molecule has 0 aliphatic heterocycles. The Balaban J connectivity index is 1.64. The van der Waals surface area contributed by atoms with Gasteiger partial charge in [-0.2, -0.15) is 0 Å². The highest BCUT2D eigenvalue weighted by Crippen LogP contribution is 2.46. The molecule has 1 saturated carbocycles. The summed E-state index contributed by atoms with van der Waals surface area (Å²) >= 11 is 0. The van der Waals surface area contributed by atoms with Crippen molar-refractivity contribution in [3.05, 3.63) is 41.5 Å². The van der Waals surface area contributed by atoms with E-state index in [-0.39, 0.29) is 12.2 Å². The Morgan fingerprint density at radius 2 is 1.96 bits per heavy atom. The second-order valence-corrected chi connectivity index (χ2v) is 7.07. The summed E-state index contributed by atoms with van der Waals surface area (Å²) in [4.78, 5) is 0. The van der Waals surface area contributed by atoms with Crippen LogP contribution in [0.25, 0.3) is 0 Å². The number of benzene rings is 1. The van der Waals surface area contributed by atoms with Gasteiger partial charge in [0.1, 0.15) is 5.75 Å². The summed E-state index contributed by atoms with van der Waals surface area (Å²) in [5.74, 6) is 2.09. The Labute approximate surface area is 139 Å². The molecule has 0 radical (unpaired) electrons. The van der Waals surface area contributed by atoms with Crippen LogP contribution in [0.5, 0.6) is 5.75 Å². The largest absolute Gasteiger partial charge is 0.497 e. The molecule has 1 fully saturated rings. The molecule has 2 aliphatic rings. The summed E-state index contributed by atoms with van der Waals surface area (Å²) in [6.45, 7) is 5.08. The van der Waals surface area contributed by atoms with Gasteiger partial charge in [0.25, 0.3) is 0 Å². The average molecular weight is 316 g/mol. The third-order valence-corrected chi connectivity index (χ3v) is 5.73. The van der Waals surface area contributed by atoms with Crippen LogP contribution < -0.4 is 4.74 Å². The molecule has 0 bridgehead atoms. The number of hydrogen-bond acceptors (Lipinski definition) is 3. The van der Waals surface area contributed by atoms with Crippen molar-refractivity contribution in [3.8, 4) is 5.75 Å². The first-order valence-electron chi connectivity index (χ1n) is 8.69. The Morgan fingerprint density at radius 3 is 2.65 bits per heavy atom. The first kappa shape index (κ1) is 16.5. The van der Waals surface area contributed by atoms with Gasteiger partial charge in [0.2, 0.25) is 0 Å². The quantitative estimate of drug-likeness (QED) is 0.855. The van der Waals surface area contributed by atoms with Gasteiger partial charge in [0.05, 0.1) is 25.9 Å². The first-order valence-corrected chi connectivity index (χ1v) is 8.69. The predicted octanol–water partition coefficient (Wildman–Crippen LogP) is 3.95. The topological polar surface area (TPSA) is 38.7 Å². The number of methoxy groups -OCH3 is 1. The van der Waals surface area contributed by atoms with Crippen LogP contribution in [0.15, 0.2) is 35.9 Å². The Bertz CT molecular complexity index is 549. The molecule has 0 aromatic heterocycles. The second-order valence-electron chi connectivity index (χ2n) is 7.07. The van der Waals surface area contributed by atoms with Gasteiger partial charge < -0.3 is 14.6 Å². The number of aliphatic hydroxyl groups excluding tert-OH is 1. The molecule has 1 aromatic rings. The fraction of sp³-hybridized carbons (Fsp3) is 0.600. The van der Waals surface area contributed by atoms with Gasteiger partial charge in [-0.3, -0.25) is 0 Å². The molecule has 0 unspecified atom stereocenters. The Morgan fingerprint density at radius 1 is 1.22 bits per heavy atom. The highest BCUT2D eigenvalue weighted by Gasteiger charge is 2.45. The van der Waals surface area contributed by atoms with Crippen LogP contribution in [0.4, 0.5) is 0 Å². The molecule has 2 aliphatic carbocycles. The lowest BCUT2D eigenvalue weighted by atomic mass is 9.82. The molecule has 0 heterocycles. The van der Waals surface area contributed by atoms with Gasteiger partial charge in [-0.25, -0.2) is 0 Å². The molecule has 0 saturated heterocycles. The van der Waals surface area contributed by atoms with Crippen LogP contribution in [0, 0.1) is 17.8 Å². The number of fused-ring (bicyclic) bond motifs is 1. The Hall–Kier alpha value is -1.32. The normalized spacial score (nSPS) is 33.7. The zero-order valence-electron chi connectivity index (χ0n) is 14.4. The first-order chi connectivity index (χ1) is 11.1. The summed E-state index contributed by atoms with van der Waals surface area (Å²) in [7, 11) is 1.68. The van der Waals surface area contributed by atoms with Gasteiger partial charge >= 0.3 is 0 Å². The van der Waals surface area contributed by atoms with Crippen molar-refractivity contribution in [1.29, 1.82) is 0 Å². The lowest BCUT2D eigenvalue weighted by Gasteiger charge is -2.27. The monoisotopic (exact) mass is 316 g/mol. The number of hydrogen-bond donors (Lipinski definition) is 1. The van der Waals surface area contributed by atoms with Gasteiger partial charge in [0, 0.05) is 0 Å². The lowest BCUT2D eigenvalue weighted by Crippen LogP contribution is -2.29. The van der Waals surface area contributed by atoms with E-state index in [9.17, 15) is 5.11 Å². The van der Waals surface area contributed by atoms with E-state index in [1.54, 1.807) is 7.11 Å². The molecule has 3 rings (SSSR count). The average Bonchev–Trinajstić information content (AvgIpc) is 2.82. The van der Waals surface area contributed by atoms with E-state index >= 15 is 0 Å². The minimum absolute atomic E-state index is 0.196. The van der Waals surface area contributed by atoms with Gasteiger partial charge in [-0.05, 0) is 61.6 Å². The van der Waals surface area contributed by atoms with E-state index in [0.29, 0.717) is 24.4 Å². The highest BCUT2D eigenvalue weighted by molar-refractivity contribution is 5.26. The minimum Gasteiger partial charge on any atom is -0.497 e. The standard InChI is InChI=1S/C20H28O3/c1-13-5-4-6-18(21)20-14(2)19(11-17(13)20)23-12-15-7-9-16(22-3)10-8-15/h5,7-10,14,17-21H,4,6,11-12H2,1-3H3/t14-,17+,18+,19-,20+/m0/s1. The van der Waals surface area contributed by atoms with Crippen molar-refractivity contribution in [2.45, 2.75) is 51.9 Å². The summed E-state index contributed by atoms with van der Waals surface area (Å²) in [6.07, 6.45) is 5.26. The number of rotatable bonds is 4. The van der Waals surface area contributed by atoms with Crippen LogP contribution >= 0.6 is 0 Å². The minimum atomic E-state index is -0.196. The molecule has 1 N–H and O–H groups in total. The maximum Gasteiger partial charge on any atom is 0.118 e. The summed E-state index contributed by atoms with van der Waals surface area (Å²) < 4.78 is 11.4. The van der Waals surface area contributed by atoms with E-state index in [1.165, 1.54) is 5.57 Å². The number of aliphatic hydroxyl groups is 1. The van der Waals surface area contributed by atoms with Gasteiger partial charge in [0.15, 0.2) is 0 Å². The van der Waals surface area contributed by atoms with E-state index in [2.05, 4.69) is 32.1 Å². The zero-order chi connectivity index (χ0) is 16.4. The van der Waals surface area contributed by atoms with Crippen molar-refractivity contribution in [1.82, 2.24) is 0 Å². The molecular weight excluding hydrogens is 288 g/mol. The van der Waals surface area contributed by atoms with E-state index in [1.807, 2.05) is 12.1 Å². The highest BCUT2D eigenvalue weighted by atomic mass is 16.5. The van der Waals surface area contributed by atoms with Gasteiger partial charge in [-0.15, -0.1) is 0 Å². The van der Waals surface area contributed by atoms with Crippen molar-refractivity contribution < 1.29 is 14.6 Å². The molecule has 0 amide bonds. The van der Waals surface area contributed by atoms with Crippen LogP contribution in [0.1, 0.15) is 38.7 Å². The lowest BCUT2D eigenvalue weighted by molar-refractivity contribution is -0.00375. The van der Waals surface area contributed by atoms with E-state index < -0.39 is 0 Å². The maximum atomic E-state index is 10.5. The molecule has 126 valence electrons. The molecule has 0 spiro atoms. The van der Waals surface area contributed by atoms with Crippen molar-refractivity contribution >= 4 is 0 Å². The smallest absolute Gasteiger partial charge is 0.118 e. The van der Waals surface area contributed by atoms with Crippen LogP contribution in [0.2, 0.25) is 0 Å². The summed E-state index contributed by atoms with van der Waals surface area (Å²) in [6, 6.07) is 8.04. The van der Waals surface area contributed by atoms with Crippen molar-refractivity contribution in [2.75, 3.05) is 7.11 Å². The molecular formula is C20H28O3. The predicted molar refractivity (Wildman–Crippen MR) is 91.3 cm³/mol. The fourth-order valence-corrected chi connectivity index (χ4v) is 4.31. The van der Waals surface area contributed by atoms with Crippen molar-refractivity contribution in [3.63, 3.8) is 0 Å². The Kier molecular flexibility index (Phi) is 5.08. The fourth-order valence-electron chi connectivity index (χ4n) is 4.31. The zero-order valence-corrected chi connectivity index (χ0v) is 14.4. The maximum absolute atomic E-state index is 10.5. The van der Waals surface area contributed by atoms with Crippen molar-refractivity contribution in [2.24, 2.45) is 17.8 Å². The molecule has 23 heavy (non-hydrogen) atoms. The number of allylic oxidation sites excluding steroid dienone is 2. The van der Waals surface area contributed by atoms with E-state index in [4.69, 9.17) is 9.47 Å². The number of ether oxygens (including phenoxy) is 2. The molecule has 3 nitrogen and oxygen atoms in total.